The summed E-state index contributed by atoms with van der Waals surface area (Å²) in [6.45, 7) is 5.59. The quantitative estimate of drug-likeness (QED) is 0.230. The molecule has 0 atom stereocenters. The lowest BCUT2D eigenvalue weighted by atomic mass is 10.3. The van der Waals surface area contributed by atoms with Gasteiger partial charge >= 0.3 is 5.97 Å². The summed E-state index contributed by atoms with van der Waals surface area (Å²) in [7, 11) is -1.44. The first-order valence-electron chi connectivity index (χ1n) is 4.65. The molecule has 2 nitrogen and oxygen atoms in total. The fourth-order valence-electron chi connectivity index (χ4n) is 0.866. The number of ether oxygens (including phenoxy) is 1. The van der Waals surface area contributed by atoms with Gasteiger partial charge in [-0.2, -0.15) is 22.2 Å². The normalized spacial score (nSPS) is 10.3. The fourth-order valence-corrected chi connectivity index (χ4v) is 2.39. The van der Waals surface area contributed by atoms with Crippen LogP contribution in [0.25, 0.3) is 0 Å². The number of hydrogen-bond acceptors (Lipinski definition) is 2. The van der Waals surface area contributed by atoms with Gasteiger partial charge in [-0.05, 0) is 19.4 Å². The second kappa shape index (κ2) is 8.33. The fraction of sp³-hybridized carbons (Fsp3) is 0.667. The Kier molecular flexibility index (Phi) is 8.33. The van der Waals surface area contributed by atoms with Gasteiger partial charge in [0.1, 0.15) is 0 Å². The largest absolute Gasteiger partial charge is 0.462 e. The third-order valence-electron chi connectivity index (χ3n) is 1.65. The lowest BCUT2D eigenvalue weighted by molar-refractivity contribution is -0.139. The van der Waals surface area contributed by atoms with Gasteiger partial charge in [0.05, 0.1) is 6.61 Å². The van der Waals surface area contributed by atoms with Crippen LogP contribution in [0.1, 0.15) is 26.2 Å². The number of carbonyl (C=O) groups excluding carboxylic acids is 1. The van der Waals surface area contributed by atoms with Gasteiger partial charge in [0, 0.05) is 5.57 Å². The number of esters is 1. The minimum absolute atomic E-state index is 0.313. The minimum atomic E-state index is -1.44. The summed E-state index contributed by atoms with van der Waals surface area (Å²) >= 11 is 11.4. The standard InChI is InChI=1S/C9H16Cl2O2Si/c1-8(2)9(12)13-6-4-3-5-7-14(10)11/h14H,1,3-7H2,2H3. The van der Waals surface area contributed by atoms with Crippen LogP contribution >= 0.6 is 22.2 Å². The van der Waals surface area contributed by atoms with Gasteiger partial charge in [-0.15, -0.1) is 0 Å². The highest BCUT2D eigenvalue weighted by molar-refractivity contribution is 7.33. The predicted octanol–water partition coefficient (Wildman–Crippen LogP) is 2.97. The molecule has 0 aromatic heterocycles. The third-order valence-corrected chi connectivity index (χ3v) is 3.80. The van der Waals surface area contributed by atoms with Crippen LogP contribution in [-0.2, 0) is 9.53 Å². The smallest absolute Gasteiger partial charge is 0.333 e. The molecule has 0 radical (unpaired) electrons. The summed E-state index contributed by atoms with van der Waals surface area (Å²) in [4.78, 5) is 10.9. The lowest BCUT2D eigenvalue weighted by Gasteiger charge is -2.03. The molecule has 0 aliphatic heterocycles. The lowest BCUT2D eigenvalue weighted by Crippen LogP contribution is -2.06. The summed E-state index contributed by atoms with van der Waals surface area (Å²) in [5.41, 5.74) is 0.444. The Morgan fingerprint density at radius 3 is 2.50 bits per heavy atom. The van der Waals surface area contributed by atoms with Gasteiger partial charge < -0.3 is 4.74 Å². The van der Waals surface area contributed by atoms with Gasteiger partial charge in [-0.1, -0.05) is 19.4 Å². The van der Waals surface area contributed by atoms with Crippen molar-refractivity contribution in [1.29, 1.82) is 0 Å². The minimum Gasteiger partial charge on any atom is -0.462 e. The molecule has 0 aliphatic carbocycles. The zero-order valence-corrected chi connectivity index (χ0v) is 11.1. The highest BCUT2D eigenvalue weighted by atomic mass is 35.7. The number of unbranched alkanes of at least 4 members (excludes halogenated alkanes) is 2. The van der Waals surface area contributed by atoms with Crippen molar-refractivity contribution in [2.75, 3.05) is 6.61 Å². The first-order valence-corrected chi connectivity index (χ1v) is 8.95. The Hall–Kier alpha value is 0.00688. The monoisotopic (exact) mass is 254 g/mol. The molecule has 0 aromatic carbocycles. The van der Waals surface area contributed by atoms with E-state index in [1.807, 2.05) is 0 Å². The summed E-state index contributed by atoms with van der Waals surface area (Å²) in [5.74, 6) is -0.313. The Morgan fingerprint density at radius 2 is 2.00 bits per heavy atom. The van der Waals surface area contributed by atoms with E-state index in [1.165, 1.54) is 0 Å². The maximum Gasteiger partial charge on any atom is 0.333 e. The second-order valence-electron chi connectivity index (χ2n) is 3.16. The molecule has 0 saturated carbocycles. The van der Waals surface area contributed by atoms with Crippen LogP contribution < -0.4 is 0 Å². The van der Waals surface area contributed by atoms with E-state index in [1.54, 1.807) is 6.92 Å². The van der Waals surface area contributed by atoms with E-state index in [0.717, 1.165) is 25.3 Å². The van der Waals surface area contributed by atoms with Crippen LogP contribution in [0.15, 0.2) is 12.2 Å². The molecule has 0 N–H and O–H groups in total. The Balaban J connectivity index is 3.22. The molecule has 0 amide bonds. The maximum atomic E-state index is 10.9. The molecule has 0 unspecified atom stereocenters. The van der Waals surface area contributed by atoms with E-state index >= 15 is 0 Å². The number of carbonyl (C=O) groups is 1. The average Bonchev–Trinajstić information content (AvgIpc) is 2.09. The number of hydrogen-bond donors (Lipinski definition) is 0. The molecule has 14 heavy (non-hydrogen) atoms. The van der Waals surface area contributed by atoms with Crippen molar-refractivity contribution >= 4 is 35.5 Å². The van der Waals surface area contributed by atoms with Crippen LogP contribution in [0.3, 0.4) is 0 Å². The maximum absolute atomic E-state index is 10.9. The summed E-state index contributed by atoms with van der Waals surface area (Å²) in [6, 6.07) is 0.928. The molecular formula is C9H16Cl2O2Si. The second-order valence-corrected chi connectivity index (χ2v) is 8.35. The Bertz CT molecular complexity index is 195. The SMILES string of the molecule is C=C(C)C(=O)OCCCCC[SiH](Cl)Cl. The van der Waals surface area contributed by atoms with Crippen molar-refractivity contribution in [1.82, 2.24) is 0 Å². The molecule has 0 saturated heterocycles. The van der Waals surface area contributed by atoms with Gasteiger partial charge in [0.15, 0.2) is 0 Å². The number of rotatable bonds is 7. The zero-order valence-electron chi connectivity index (χ0n) is 8.39. The molecule has 0 heterocycles. The summed E-state index contributed by atoms with van der Waals surface area (Å²) in [5, 5.41) is 0. The Labute approximate surface area is 96.2 Å². The van der Waals surface area contributed by atoms with Crippen LogP contribution in [-0.4, -0.2) is 20.0 Å². The highest BCUT2D eigenvalue weighted by Crippen LogP contribution is 2.10. The van der Waals surface area contributed by atoms with Crippen molar-refractivity contribution in [3.05, 3.63) is 12.2 Å². The van der Waals surface area contributed by atoms with E-state index in [4.69, 9.17) is 26.9 Å². The third kappa shape index (κ3) is 8.60. The van der Waals surface area contributed by atoms with Crippen LogP contribution in [0.5, 0.6) is 0 Å². The highest BCUT2D eigenvalue weighted by Gasteiger charge is 2.03. The van der Waals surface area contributed by atoms with E-state index in [9.17, 15) is 4.79 Å². The predicted molar refractivity (Wildman–Crippen MR) is 63.3 cm³/mol. The average molecular weight is 255 g/mol. The topological polar surface area (TPSA) is 26.3 Å². The molecule has 82 valence electrons. The van der Waals surface area contributed by atoms with Gasteiger partial charge in [0.2, 0.25) is 7.42 Å². The Morgan fingerprint density at radius 1 is 1.36 bits per heavy atom. The molecule has 0 rings (SSSR count). The molecular weight excluding hydrogens is 239 g/mol. The van der Waals surface area contributed by atoms with Crippen LogP contribution in [0, 0.1) is 0 Å². The summed E-state index contributed by atoms with van der Waals surface area (Å²) in [6.07, 6.45) is 2.90. The van der Waals surface area contributed by atoms with Crippen molar-refractivity contribution in [3.63, 3.8) is 0 Å². The first-order chi connectivity index (χ1) is 6.54. The van der Waals surface area contributed by atoms with E-state index in [-0.39, 0.29) is 5.97 Å². The zero-order chi connectivity index (χ0) is 11.0. The van der Waals surface area contributed by atoms with E-state index in [2.05, 4.69) is 6.58 Å². The van der Waals surface area contributed by atoms with E-state index < -0.39 is 7.42 Å². The molecule has 5 heteroatoms. The van der Waals surface area contributed by atoms with Crippen LogP contribution in [0.2, 0.25) is 6.04 Å². The molecule has 0 fully saturated rings. The van der Waals surface area contributed by atoms with E-state index in [0.29, 0.717) is 12.2 Å². The van der Waals surface area contributed by atoms with Crippen molar-refractivity contribution < 1.29 is 9.53 Å². The summed E-state index contributed by atoms with van der Waals surface area (Å²) < 4.78 is 4.92. The number of halogens is 2. The molecule has 0 aliphatic rings. The van der Waals surface area contributed by atoms with Crippen molar-refractivity contribution in [2.45, 2.75) is 32.2 Å². The molecule has 0 aromatic rings. The van der Waals surface area contributed by atoms with Crippen molar-refractivity contribution in [3.8, 4) is 0 Å². The molecule has 0 spiro atoms. The van der Waals surface area contributed by atoms with Gasteiger partial charge in [-0.25, -0.2) is 4.79 Å². The van der Waals surface area contributed by atoms with Gasteiger partial charge in [0.25, 0.3) is 0 Å². The molecule has 0 bridgehead atoms. The van der Waals surface area contributed by atoms with Gasteiger partial charge in [-0.3, -0.25) is 0 Å². The first kappa shape index (κ1) is 14.0. The van der Waals surface area contributed by atoms with Crippen molar-refractivity contribution in [2.24, 2.45) is 0 Å². The van der Waals surface area contributed by atoms with Crippen LogP contribution in [0.4, 0.5) is 0 Å².